The molecule has 0 spiro atoms. The number of esters is 1. The van der Waals surface area contributed by atoms with Crippen molar-refractivity contribution in [2.24, 2.45) is 0 Å². The van der Waals surface area contributed by atoms with Gasteiger partial charge in [0.05, 0.1) is 5.60 Å². The molecule has 0 aliphatic rings. The molecule has 52 heavy (non-hydrogen) atoms. The van der Waals surface area contributed by atoms with Crippen molar-refractivity contribution in [3.63, 3.8) is 0 Å². The number of carbonyl (C=O) groups excluding carboxylic acids is 2. The summed E-state index contributed by atoms with van der Waals surface area (Å²) in [5.74, 6) is 0.232. The minimum Gasteiger partial charge on any atom is -0.462 e. The number of aliphatic hydroxyl groups is 1. The van der Waals surface area contributed by atoms with E-state index in [1.807, 2.05) is 0 Å². The molecule has 4 nitrogen and oxygen atoms in total. The third-order valence-electron chi connectivity index (χ3n) is 11.4. The summed E-state index contributed by atoms with van der Waals surface area (Å²) < 4.78 is 6.03. The molecule has 0 aliphatic carbocycles. The summed E-state index contributed by atoms with van der Waals surface area (Å²) in [5.41, 5.74) is -0.816. The molecule has 1 N–H and O–H groups in total. The monoisotopic (exact) mass is 735 g/mol. The van der Waals surface area contributed by atoms with Gasteiger partial charge in [0.1, 0.15) is 11.9 Å². The van der Waals surface area contributed by atoms with Crippen LogP contribution in [-0.4, -0.2) is 28.6 Å². The second kappa shape index (κ2) is 39.8. The fraction of sp³-hybridized carbons (Fsp3) is 0.958. The molecule has 4 heteroatoms. The molecule has 0 heterocycles. The molecule has 1 unspecified atom stereocenters. The van der Waals surface area contributed by atoms with Gasteiger partial charge in [-0.1, -0.05) is 214 Å². The predicted molar refractivity (Wildman–Crippen MR) is 227 cm³/mol. The molecule has 0 saturated heterocycles. The third-order valence-corrected chi connectivity index (χ3v) is 11.4. The van der Waals surface area contributed by atoms with Crippen LogP contribution in [0.15, 0.2) is 0 Å². The van der Waals surface area contributed by atoms with Crippen LogP contribution in [0, 0.1) is 0 Å². The lowest BCUT2D eigenvalue weighted by Gasteiger charge is -2.28. The maximum absolute atomic E-state index is 13.1. The Balaban J connectivity index is 4.44. The molecule has 310 valence electrons. The van der Waals surface area contributed by atoms with Gasteiger partial charge in [0.2, 0.25) is 0 Å². The molecule has 1 atom stereocenters. The predicted octanol–water partition coefficient (Wildman–Crippen LogP) is 15.9. The lowest BCUT2D eigenvalue weighted by molar-refractivity contribution is -0.150. The van der Waals surface area contributed by atoms with Gasteiger partial charge in [-0.3, -0.25) is 9.59 Å². The van der Waals surface area contributed by atoms with Gasteiger partial charge in [-0.2, -0.15) is 0 Å². The Bertz CT molecular complexity index is 735. The van der Waals surface area contributed by atoms with Crippen LogP contribution in [-0.2, 0) is 14.3 Å². The molecule has 0 radical (unpaired) electrons. The average molecular weight is 735 g/mol. The average Bonchev–Trinajstić information content (AvgIpc) is 3.12. The normalized spacial score (nSPS) is 12.8. The Hall–Kier alpha value is -0.900. The number of ether oxygens (including phenoxy) is 1. The maximum atomic E-state index is 13.1. The van der Waals surface area contributed by atoms with E-state index in [-0.39, 0.29) is 17.9 Å². The fourth-order valence-corrected chi connectivity index (χ4v) is 7.87. The number of unbranched alkanes of at least 4 members (excludes halogenated alkanes) is 28. The van der Waals surface area contributed by atoms with Crippen LogP contribution in [0.2, 0.25) is 0 Å². The van der Waals surface area contributed by atoms with E-state index in [1.165, 1.54) is 167 Å². The van der Waals surface area contributed by atoms with Gasteiger partial charge in [-0.15, -0.1) is 0 Å². The quantitative estimate of drug-likeness (QED) is 0.0500. The highest BCUT2D eigenvalue weighted by Crippen LogP contribution is 2.28. The largest absolute Gasteiger partial charge is 0.462 e. The summed E-state index contributed by atoms with van der Waals surface area (Å²) in [6.45, 7) is 9.05. The van der Waals surface area contributed by atoms with Gasteiger partial charge >= 0.3 is 5.97 Å². The van der Waals surface area contributed by atoms with Gasteiger partial charge in [-0.05, 0) is 51.4 Å². The van der Waals surface area contributed by atoms with Crippen LogP contribution < -0.4 is 0 Å². The molecule has 0 bridgehead atoms. The van der Waals surface area contributed by atoms with E-state index in [1.54, 1.807) is 0 Å². The van der Waals surface area contributed by atoms with Gasteiger partial charge in [0.15, 0.2) is 0 Å². The summed E-state index contributed by atoms with van der Waals surface area (Å²) in [5, 5.41) is 11.6. The number of rotatable bonds is 43. The van der Waals surface area contributed by atoms with E-state index in [9.17, 15) is 14.7 Å². The molecule has 0 aliphatic heterocycles. The number of ketones is 1. The second-order valence-electron chi connectivity index (χ2n) is 16.9. The van der Waals surface area contributed by atoms with E-state index < -0.39 is 5.60 Å². The van der Waals surface area contributed by atoms with Gasteiger partial charge < -0.3 is 9.84 Å². The minimum atomic E-state index is -0.816. The molecule has 0 aromatic carbocycles. The molecule has 0 fully saturated rings. The first-order valence-electron chi connectivity index (χ1n) is 23.8. The number of hydrogen-bond acceptors (Lipinski definition) is 4. The lowest BCUT2D eigenvalue weighted by Crippen LogP contribution is -2.32. The number of Topliss-reactive ketones (excluding diaryl/α,β-unsaturated/α-hetero) is 1. The third kappa shape index (κ3) is 36.1. The van der Waals surface area contributed by atoms with Crippen LogP contribution >= 0.6 is 0 Å². The molecule has 0 aromatic rings. The summed E-state index contributed by atoms with van der Waals surface area (Å²) in [4.78, 5) is 25.8. The lowest BCUT2D eigenvalue weighted by atomic mass is 9.84. The molecular weight excluding hydrogens is 641 g/mol. The topological polar surface area (TPSA) is 63.6 Å². The van der Waals surface area contributed by atoms with Crippen molar-refractivity contribution in [2.75, 3.05) is 0 Å². The Labute approximate surface area is 326 Å². The SMILES string of the molecule is CCCCCCCCCCCC(O)(CCCCCCCCC)CC(=O)CCCCCCCC(=O)OC(CCCCCCCC)CCCCCCCC. The van der Waals surface area contributed by atoms with E-state index in [2.05, 4.69) is 27.7 Å². The Kier molecular flexibility index (Phi) is 39.1. The zero-order valence-electron chi connectivity index (χ0n) is 36.0. The van der Waals surface area contributed by atoms with Crippen molar-refractivity contribution in [1.29, 1.82) is 0 Å². The van der Waals surface area contributed by atoms with Gasteiger partial charge in [0, 0.05) is 19.3 Å². The zero-order valence-corrected chi connectivity index (χ0v) is 36.0. The van der Waals surface area contributed by atoms with E-state index in [4.69, 9.17) is 4.74 Å². The van der Waals surface area contributed by atoms with Crippen molar-refractivity contribution >= 4 is 11.8 Å². The van der Waals surface area contributed by atoms with Crippen molar-refractivity contribution in [2.45, 2.75) is 296 Å². The first kappa shape index (κ1) is 51.1. The van der Waals surface area contributed by atoms with E-state index >= 15 is 0 Å². The minimum absolute atomic E-state index is 0.00985. The van der Waals surface area contributed by atoms with Crippen LogP contribution in [0.25, 0.3) is 0 Å². The smallest absolute Gasteiger partial charge is 0.306 e. The van der Waals surface area contributed by atoms with Crippen molar-refractivity contribution in [3.8, 4) is 0 Å². The molecule has 0 saturated carbocycles. The fourth-order valence-electron chi connectivity index (χ4n) is 7.87. The molecule has 0 rings (SSSR count). The highest BCUT2D eigenvalue weighted by Gasteiger charge is 2.28. The van der Waals surface area contributed by atoms with Crippen molar-refractivity contribution in [1.82, 2.24) is 0 Å². The van der Waals surface area contributed by atoms with Crippen LogP contribution in [0.5, 0.6) is 0 Å². The van der Waals surface area contributed by atoms with Crippen molar-refractivity contribution < 1.29 is 19.4 Å². The number of carbonyl (C=O) groups is 2. The Morgan fingerprint density at radius 1 is 0.423 bits per heavy atom. The highest BCUT2D eigenvalue weighted by atomic mass is 16.5. The van der Waals surface area contributed by atoms with Gasteiger partial charge in [0.25, 0.3) is 0 Å². The zero-order chi connectivity index (χ0) is 38.2. The summed E-state index contributed by atoms with van der Waals surface area (Å²) in [7, 11) is 0. The van der Waals surface area contributed by atoms with Crippen molar-refractivity contribution in [3.05, 3.63) is 0 Å². The number of hydrogen-bond donors (Lipinski definition) is 1. The molecule has 0 aromatic heterocycles. The molecular formula is C48H94O4. The standard InChI is InChI=1S/C48H94O4/c1-5-9-13-17-21-22-24-31-37-43-48(51,42-36-30-23-18-14-10-6-2)44-45(49)38-32-26-25-29-35-41-47(50)52-46(39-33-27-19-15-11-7-3)40-34-28-20-16-12-8-4/h46,51H,5-44H2,1-4H3. The summed E-state index contributed by atoms with van der Waals surface area (Å²) in [6.07, 6.45) is 45.5. The summed E-state index contributed by atoms with van der Waals surface area (Å²) in [6, 6.07) is 0. The highest BCUT2D eigenvalue weighted by molar-refractivity contribution is 5.79. The van der Waals surface area contributed by atoms with E-state index in [0.29, 0.717) is 19.3 Å². The molecule has 0 amide bonds. The second-order valence-corrected chi connectivity index (χ2v) is 16.9. The van der Waals surface area contributed by atoms with Crippen LogP contribution in [0.4, 0.5) is 0 Å². The van der Waals surface area contributed by atoms with Gasteiger partial charge in [-0.25, -0.2) is 0 Å². The van der Waals surface area contributed by atoms with Crippen LogP contribution in [0.3, 0.4) is 0 Å². The van der Waals surface area contributed by atoms with Crippen LogP contribution in [0.1, 0.15) is 285 Å². The van der Waals surface area contributed by atoms with E-state index in [0.717, 1.165) is 70.6 Å². The first-order valence-corrected chi connectivity index (χ1v) is 23.8. The first-order chi connectivity index (χ1) is 25.4. The Morgan fingerprint density at radius 3 is 1.12 bits per heavy atom. The Morgan fingerprint density at radius 2 is 0.731 bits per heavy atom. The summed E-state index contributed by atoms with van der Waals surface area (Å²) >= 11 is 0. The maximum Gasteiger partial charge on any atom is 0.306 e.